The Bertz CT molecular complexity index is 551. The summed E-state index contributed by atoms with van der Waals surface area (Å²) in [5.41, 5.74) is 0.662. The topological polar surface area (TPSA) is 75.5 Å². The van der Waals surface area contributed by atoms with Crippen molar-refractivity contribution in [2.24, 2.45) is 0 Å². The summed E-state index contributed by atoms with van der Waals surface area (Å²) in [6, 6.07) is 6.20. The Morgan fingerprint density at radius 1 is 1.36 bits per heavy atom. The van der Waals surface area contributed by atoms with E-state index in [2.05, 4.69) is 10.2 Å². The number of hydrogen-bond donors (Lipinski definition) is 1. The number of rotatable bonds is 7. The number of nitrogens with one attached hydrogen (secondary N) is 1. The molecule has 1 saturated heterocycles. The Hall–Kier alpha value is -2.21. The molecule has 0 unspecified atom stereocenters. The first-order valence-electron chi connectivity index (χ1n) is 7.58. The van der Waals surface area contributed by atoms with Gasteiger partial charge in [0.1, 0.15) is 0 Å². The molecule has 22 heavy (non-hydrogen) atoms. The van der Waals surface area contributed by atoms with E-state index in [4.69, 9.17) is 0 Å². The number of nitrogens with zero attached hydrogens (tertiary/aromatic N) is 2. The van der Waals surface area contributed by atoms with Crippen LogP contribution in [-0.4, -0.2) is 41.9 Å². The highest BCUT2D eigenvalue weighted by Crippen LogP contribution is 2.14. The molecule has 1 heterocycles. The van der Waals surface area contributed by atoms with E-state index in [0.29, 0.717) is 12.1 Å². The minimum absolute atomic E-state index is 0.0215. The lowest BCUT2D eigenvalue weighted by Gasteiger charge is -2.13. The lowest BCUT2D eigenvalue weighted by atomic mass is 10.2. The van der Waals surface area contributed by atoms with Gasteiger partial charge >= 0.3 is 0 Å². The fraction of sp³-hybridized carbons (Fsp3) is 0.438. The maximum absolute atomic E-state index is 11.7. The third kappa shape index (κ3) is 5.29. The molecule has 1 amide bonds. The van der Waals surface area contributed by atoms with Crippen molar-refractivity contribution in [2.45, 2.75) is 19.3 Å². The Morgan fingerprint density at radius 3 is 2.86 bits per heavy atom. The summed E-state index contributed by atoms with van der Waals surface area (Å²) in [7, 11) is 0. The highest BCUT2D eigenvalue weighted by atomic mass is 16.6. The van der Waals surface area contributed by atoms with Crippen molar-refractivity contribution in [3.8, 4) is 0 Å². The van der Waals surface area contributed by atoms with Crippen molar-refractivity contribution >= 4 is 17.7 Å². The molecule has 1 aromatic carbocycles. The van der Waals surface area contributed by atoms with Crippen molar-refractivity contribution in [1.82, 2.24) is 10.2 Å². The standard InChI is InChI=1S/C16H21N3O3/c20-16(17-9-4-12-18-10-1-2-11-18)8-7-14-5-3-6-15(13-14)19(21)22/h3,5-8,13H,1-2,4,9-12H2,(H,17,20)/b8-7+. The van der Waals surface area contributed by atoms with Gasteiger partial charge in [0.05, 0.1) is 4.92 Å². The van der Waals surface area contributed by atoms with Gasteiger partial charge in [0, 0.05) is 24.8 Å². The number of likely N-dealkylation sites (tertiary alicyclic amines) is 1. The summed E-state index contributed by atoms with van der Waals surface area (Å²) in [5, 5.41) is 13.5. The molecule has 6 heteroatoms. The number of carbonyl (C=O) groups is 1. The van der Waals surface area contributed by atoms with E-state index < -0.39 is 4.92 Å². The number of nitro benzene ring substituents is 1. The maximum Gasteiger partial charge on any atom is 0.270 e. The highest BCUT2D eigenvalue weighted by molar-refractivity contribution is 5.91. The monoisotopic (exact) mass is 303 g/mol. The van der Waals surface area contributed by atoms with Crippen LogP contribution < -0.4 is 5.32 Å². The number of benzene rings is 1. The number of carbonyl (C=O) groups excluding carboxylic acids is 1. The van der Waals surface area contributed by atoms with Gasteiger partial charge in [-0.3, -0.25) is 14.9 Å². The van der Waals surface area contributed by atoms with Gasteiger partial charge in [0.15, 0.2) is 0 Å². The smallest absolute Gasteiger partial charge is 0.270 e. The number of hydrogen-bond acceptors (Lipinski definition) is 4. The van der Waals surface area contributed by atoms with Crippen molar-refractivity contribution < 1.29 is 9.72 Å². The summed E-state index contributed by atoms with van der Waals surface area (Å²) >= 11 is 0. The molecule has 1 N–H and O–H groups in total. The molecule has 6 nitrogen and oxygen atoms in total. The zero-order chi connectivity index (χ0) is 15.8. The second-order valence-corrected chi connectivity index (χ2v) is 5.38. The molecule has 118 valence electrons. The van der Waals surface area contributed by atoms with Crippen LogP contribution in [0.15, 0.2) is 30.3 Å². The molecule has 0 spiro atoms. The molecular formula is C16H21N3O3. The molecule has 2 rings (SSSR count). The third-order valence-electron chi connectivity index (χ3n) is 3.66. The quantitative estimate of drug-likeness (QED) is 0.363. The van der Waals surface area contributed by atoms with Gasteiger partial charge in [0.2, 0.25) is 5.91 Å². The van der Waals surface area contributed by atoms with E-state index in [1.807, 2.05) is 0 Å². The van der Waals surface area contributed by atoms with Crippen LogP contribution in [0.5, 0.6) is 0 Å². The number of amides is 1. The predicted molar refractivity (Wildman–Crippen MR) is 85.4 cm³/mol. The van der Waals surface area contributed by atoms with E-state index in [0.717, 1.165) is 13.0 Å². The molecule has 1 aromatic rings. The van der Waals surface area contributed by atoms with Gasteiger partial charge in [-0.2, -0.15) is 0 Å². The number of non-ortho nitro benzene ring substituents is 1. The molecule has 0 bridgehead atoms. The zero-order valence-electron chi connectivity index (χ0n) is 12.5. The first-order valence-corrected chi connectivity index (χ1v) is 7.58. The second kappa shape index (κ2) is 8.29. The highest BCUT2D eigenvalue weighted by Gasteiger charge is 2.10. The van der Waals surface area contributed by atoms with Crippen LogP contribution in [0.2, 0.25) is 0 Å². The van der Waals surface area contributed by atoms with E-state index in [1.165, 1.54) is 44.1 Å². The zero-order valence-corrected chi connectivity index (χ0v) is 12.5. The average Bonchev–Trinajstić information content (AvgIpc) is 3.03. The van der Waals surface area contributed by atoms with Gasteiger partial charge in [-0.05, 0) is 50.5 Å². The van der Waals surface area contributed by atoms with E-state index in [-0.39, 0.29) is 11.6 Å². The summed E-state index contributed by atoms with van der Waals surface area (Å²) in [6.45, 7) is 4.00. The molecule has 1 aliphatic heterocycles. The van der Waals surface area contributed by atoms with Crippen molar-refractivity contribution in [1.29, 1.82) is 0 Å². The first-order chi connectivity index (χ1) is 10.6. The van der Waals surface area contributed by atoms with Gasteiger partial charge in [-0.1, -0.05) is 12.1 Å². The summed E-state index contributed by atoms with van der Waals surface area (Å²) in [5.74, 6) is -0.173. The van der Waals surface area contributed by atoms with Crippen LogP contribution in [0.4, 0.5) is 5.69 Å². The minimum atomic E-state index is -0.449. The molecule has 0 aromatic heterocycles. The summed E-state index contributed by atoms with van der Waals surface area (Å²) in [6.07, 6.45) is 6.49. The first kappa shape index (κ1) is 16.2. The van der Waals surface area contributed by atoms with Crippen LogP contribution in [0.25, 0.3) is 6.08 Å². The van der Waals surface area contributed by atoms with Crippen LogP contribution in [0, 0.1) is 10.1 Å². The van der Waals surface area contributed by atoms with E-state index in [1.54, 1.807) is 18.2 Å². The largest absolute Gasteiger partial charge is 0.353 e. The van der Waals surface area contributed by atoms with Gasteiger partial charge < -0.3 is 10.2 Å². The fourth-order valence-electron chi connectivity index (χ4n) is 2.49. The van der Waals surface area contributed by atoms with Crippen molar-refractivity contribution in [2.75, 3.05) is 26.2 Å². The normalized spacial score (nSPS) is 15.3. The molecule has 1 aliphatic rings. The Morgan fingerprint density at radius 2 is 2.14 bits per heavy atom. The van der Waals surface area contributed by atoms with Gasteiger partial charge in [-0.25, -0.2) is 0 Å². The van der Waals surface area contributed by atoms with Gasteiger partial charge in [0.25, 0.3) is 5.69 Å². The fourth-order valence-corrected chi connectivity index (χ4v) is 2.49. The Labute approximate surface area is 130 Å². The van der Waals surface area contributed by atoms with Crippen molar-refractivity contribution in [3.63, 3.8) is 0 Å². The molecule has 0 aliphatic carbocycles. The third-order valence-corrected chi connectivity index (χ3v) is 3.66. The number of nitro groups is 1. The maximum atomic E-state index is 11.7. The molecular weight excluding hydrogens is 282 g/mol. The molecule has 0 atom stereocenters. The van der Waals surface area contributed by atoms with Crippen LogP contribution in [0.3, 0.4) is 0 Å². The van der Waals surface area contributed by atoms with Crippen LogP contribution in [-0.2, 0) is 4.79 Å². The second-order valence-electron chi connectivity index (χ2n) is 5.38. The Kier molecular flexibility index (Phi) is 6.09. The van der Waals surface area contributed by atoms with E-state index in [9.17, 15) is 14.9 Å². The SMILES string of the molecule is O=C(/C=C/c1cccc([N+](=O)[O-])c1)NCCCN1CCCC1. The molecule has 1 fully saturated rings. The van der Waals surface area contributed by atoms with Gasteiger partial charge in [-0.15, -0.1) is 0 Å². The lowest BCUT2D eigenvalue weighted by molar-refractivity contribution is -0.384. The molecule has 0 radical (unpaired) electrons. The lowest BCUT2D eigenvalue weighted by Crippen LogP contribution is -2.27. The summed E-state index contributed by atoms with van der Waals surface area (Å²) < 4.78 is 0. The van der Waals surface area contributed by atoms with Crippen LogP contribution >= 0.6 is 0 Å². The Balaban J connectivity index is 1.71. The van der Waals surface area contributed by atoms with E-state index >= 15 is 0 Å². The predicted octanol–water partition coefficient (Wildman–Crippen LogP) is 2.21. The minimum Gasteiger partial charge on any atom is -0.353 e. The summed E-state index contributed by atoms with van der Waals surface area (Å²) in [4.78, 5) is 24.3. The average molecular weight is 303 g/mol. The van der Waals surface area contributed by atoms with Crippen molar-refractivity contribution in [3.05, 3.63) is 46.0 Å². The molecule has 0 saturated carbocycles. The van der Waals surface area contributed by atoms with Crippen LogP contribution in [0.1, 0.15) is 24.8 Å².